The van der Waals surface area contributed by atoms with Crippen LogP contribution in [0.25, 0.3) is 0 Å². The number of hydrogen-bond donors (Lipinski definition) is 2. The molecule has 1 saturated heterocycles. The van der Waals surface area contributed by atoms with Crippen LogP contribution in [0.3, 0.4) is 0 Å². The molecule has 1 aliphatic heterocycles. The van der Waals surface area contributed by atoms with Gasteiger partial charge in [-0.25, -0.2) is 0 Å². The molecule has 0 aliphatic carbocycles. The largest absolute Gasteiger partial charge is 0.340 e. The molecule has 1 atom stereocenters. The van der Waals surface area contributed by atoms with Crippen LogP contribution >= 0.6 is 0 Å². The molecule has 0 spiro atoms. The van der Waals surface area contributed by atoms with Crippen LogP contribution in [-0.2, 0) is 16.6 Å². The van der Waals surface area contributed by atoms with E-state index in [0.29, 0.717) is 11.3 Å². The lowest BCUT2D eigenvalue weighted by molar-refractivity contribution is -0.125. The van der Waals surface area contributed by atoms with Gasteiger partial charge in [-0.3, -0.25) is 24.4 Å². The van der Waals surface area contributed by atoms with Crippen molar-refractivity contribution in [3.05, 3.63) is 17.0 Å². The van der Waals surface area contributed by atoms with Gasteiger partial charge in [0.2, 0.25) is 11.8 Å². The van der Waals surface area contributed by atoms with E-state index in [4.69, 9.17) is 0 Å². The van der Waals surface area contributed by atoms with Gasteiger partial charge < -0.3 is 5.32 Å². The van der Waals surface area contributed by atoms with Crippen molar-refractivity contribution in [2.75, 3.05) is 0 Å². The van der Waals surface area contributed by atoms with Crippen LogP contribution in [0.1, 0.15) is 28.2 Å². The van der Waals surface area contributed by atoms with Crippen LogP contribution < -0.4 is 10.6 Å². The van der Waals surface area contributed by atoms with E-state index >= 15 is 0 Å². The van der Waals surface area contributed by atoms with Crippen molar-refractivity contribution in [2.24, 2.45) is 7.05 Å². The summed E-state index contributed by atoms with van der Waals surface area (Å²) in [4.78, 5) is 34.4. The fourth-order valence-electron chi connectivity index (χ4n) is 2.00. The van der Waals surface area contributed by atoms with Gasteiger partial charge in [0.15, 0.2) is 0 Å². The Labute approximate surface area is 104 Å². The van der Waals surface area contributed by atoms with Gasteiger partial charge in [0, 0.05) is 12.7 Å². The summed E-state index contributed by atoms with van der Waals surface area (Å²) in [6.45, 7) is 3.50. The van der Waals surface area contributed by atoms with E-state index in [0.717, 1.165) is 5.69 Å². The number of nitrogens with zero attached hydrogens (tertiary/aromatic N) is 2. The van der Waals surface area contributed by atoms with E-state index in [1.54, 1.807) is 25.6 Å². The summed E-state index contributed by atoms with van der Waals surface area (Å²) in [6.07, 6.45) is -0.0110. The monoisotopic (exact) mass is 250 g/mol. The second-order valence-corrected chi connectivity index (χ2v) is 4.31. The predicted octanol–water partition coefficient (Wildman–Crippen LogP) is -0.818. The van der Waals surface area contributed by atoms with Gasteiger partial charge in [0.1, 0.15) is 6.04 Å². The Bertz CT molecular complexity index is 547. The van der Waals surface area contributed by atoms with Gasteiger partial charge in [-0.05, 0) is 13.8 Å². The van der Waals surface area contributed by atoms with Crippen molar-refractivity contribution in [3.8, 4) is 0 Å². The van der Waals surface area contributed by atoms with Gasteiger partial charge >= 0.3 is 0 Å². The fraction of sp³-hybridized carbons (Fsp3) is 0.455. The Kier molecular flexibility index (Phi) is 2.90. The maximum absolute atomic E-state index is 12.1. The lowest BCUT2D eigenvalue weighted by Gasteiger charge is -2.09. The first-order valence-electron chi connectivity index (χ1n) is 5.55. The molecule has 7 heteroatoms. The SMILES string of the molecule is Cc1nn(C)c(C)c1C(=O)NC1CC(=O)NC1=O. The smallest absolute Gasteiger partial charge is 0.255 e. The van der Waals surface area contributed by atoms with Crippen LogP contribution in [0.4, 0.5) is 0 Å². The molecule has 3 amide bonds. The molecule has 18 heavy (non-hydrogen) atoms. The van der Waals surface area contributed by atoms with Crippen LogP contribution in [0.5, 0.6) is 0 Å². The Hall–Kier alpha value is -2.18. The second-order valence-electron chi connectivity index (χ2n) is 4.31. The Balaban J connectivity index is 2.18. The first-order valence-corrected chi connectivity index (χ1v) is 5.55. The summed E-state index contributed by atoms with van der Waals surface area (Å²) >= 11 is 0. The number of aryl methyl sites for hydroxylation is 2. The molecule has 0 radical (unpaired) electrons. The zero-order chi connectivity index (χ0) is 13.4. The first kappa shape index (κ1) is 12.3. The van der Waals surface area contributed by atoms with E-state index < -0.39 is 11.9 Å². The quantitative estimate of drug-likeness (QED) is 0.671. The van der Waals surface area contributed by atoms with Crippen molar-refractivity contribution in [3.63, 3.8) is 0 Å². The summed E-state index contributed by atoms with van der Waals surface area (Å²) < 4.78 is 1.60. The molecule has 2 rings (SSSR count). The molecule has 2 N–H and O–H groups in total. The van der Waals surface area contributed by atoms with Gasteiger partial charge in [-0.2, -0.15) is 5.10 Å². The summed E-state index contributed by atoms with van der Waals surface area (Å²) in [5.74, 6) is -1.22. The highest BCUT2D eigenvalue weighted by Crippen LogP contribution is 2.12. The molecule has 1 aromatic rings. The third kappa shape index (κ3) is 1.99. The van der Waals surface area contributed by atoms with Gasteiger partial charge in [-0.1, -0.05) is 0 Å². The van der Waals surface area contributed by atoms with Crippen molar-refractivity contribution in [1.29, 1.82) is 0 Å². The summed E-state index contributed by atoms with van der Waals surface area (Å²) in [6, 6.07) is -0.788. The van der Waals surface area contributed by atoms with Gasteiger partial charge in [0.05, 0.1) is 17.7 Å². The predicted molar refractivity (Wildman–Crippen MR) is 61.7 cm³/mol. The minimum Gasteiger partial charge on any atom is -0.340 e. The van der Waals surface area contributed by atoms with Crippen molar-refractivity contribution in [2.45, 2.75) is 26.3 Å². The highest BCUT2D eigenvalue weighted by Gasteiger charge is 2.32. The number of carbonyl (C=O) groups excluding carboxylic acids is 3. The lowest BCUT2D eigenvalue weighted by atomic mass is 10.1. The van der Waals surface area contributed by atoms with Gasteiger partial charge in [0.25, 0.3) is 5.91 Å². The minimum absolute atomic E-state index is 0.0110. The standard InChI is InChI=1S/C11H14N4O3/c1-5-9(6(2)15(3)14-5)11(18)12-7-4-8(16)13-10(7)17/h7H,4H2,1-3H3,(H,12,18)(H,13,16,17). The first-order chi connectivity index (χ1) is 8.40. The molecule has 2 heterocycles. The molecule has 0 aromatic carbocycles. The lowest BCUT2D eigenvalue weighted by Crippen LogP contribution is -2.40. The Morgan fingerprint density at radius 2 is 2.11 bits per heavy atom. The number of hydrogen-bond acceptors (Lipinski definition) is 4. The molecule has 96 valence electrons. The fourth-order valence-corrected chi connectivity index (χ4v) is 2.00. The molecule has 0 bridgehead atoms. The minimum atomic E-state index is -0.788. The van der Waals surface area contributed by atoms with E-state index in [2.05, 4.69) is 15.7 Å². The molecule has 0 saturated carbocycles. The molecular formula is C11H14N4O3. The number of carbonyl (C=O) groups is 3. The summed E-state index contributed by atoms with van der Waals surface area (Å²) in [5.41, 5.74) is 1.76. The van der Waals surface area contributed by atoms with Gasteiger partial charge in [-0.15, -0.1) is 0 Å². The number of rotatable bonds is 2. The maximum Gasteiger partial charge on any atom is 0.255 e. The van der Waals surface area contributed by atoms with Crippen molar-refractivity contribution >= 4 is 17.7 Å². The third-order valence-electron chi connectivity index (χ3n) is 3.01. The van der Waals surface area contributed by atoms with Crippen LogP contribution in [0.2, 0.25) is 0 Å². The maximum atomic E-state index is 12.1. The normalized spacial score (nSPS) is 18.9. The van der Waals surface area contributed by atoms with E-state index in [1.165, 1.54) is 0 Å². The topological polar surface area (TPSA) is 93.1 Å². The highest BCUT2D eigenvalue weighted by molar-refractivity contribution is 6.08. The number of aromatic nitrogens is 2. The van der Waals surface area contributed by atoms with Crippen LogP contribution in [0, 0.1) is 13.8 Å². The van der Waals surface area contributed by atoms with Crippen molar-refractivity contribution < 1.29 is 14.4 Å². The van der Waals surface area contributed by atoms with Crippen molar-refractivity contribution in [1.82, 2.24) is 20.4 Å². The van der Waals surface area contributed by atoms with E-state index in [1.807, 2.05) is 0 Å². The molecule has 1 fully saturated rings. The van der Waals surface area contributed by atoms with Crippen LogP contribution in [0.15, 0.2) is 0 Å². The number of imide groups is 1. The average molecular weight is 250 g/mol. The molecule has 7 nitrogen and oxygen atoms in total. The summed E-state index contributed by atoms with van der Waals surface area (Å²) in [5, 5.41) is 8.82. The van der Waals surface area contributed by atoms with E-state index in [-0.39, 0.29) is 18.2 Å². The second kappa shape index (κ2) is 4.25. The molecule has 1 unspecified atom stereocenters. The van der Waals surface area contributed by atoms with Crippen LogP contribution in [-0.4, -0.2) is 33.5 Å². The number of amides is 3. The molecule has 1 aromatic heterocycles. The zero-order valence-corrected chi connectivity index (χ0v) is 10.4. The Morgan fingerprint density at radius 3 is 2.56 bits per heavy atom. The average Bonchev–Trinajstić information content (AvgIpc) is 2.69. The van der Waals surface area contributed by atoms with E-state index in [9.17, 15) is 14.4 Å². The Morgan fingerprint density at radius 1 is 1.44 bits per heavy atom. The number of nitrogens with one attached hydrogen (secondary N) is 2. The molecular weight excluding hydrogens is 236 g/mol. The summed E-state index contributed by atoms with van der Waals surface area (Å²) in [7, 11) is 1.74. The molecule has 1 aliphatic rings. The third-order valence-corrected chi connectivity index (χ3v) is 3.01. The zero-order valence-electron chi connectivity index (χ0n) is 10.4. The highest BCUT2D eigenvalue weighted by atomic mass is 16.2.